The van der Waals surface area contributed by atoms with Crippen LogP contribution >= 0.6 is 11.6 Å². The van der Waals surface area contributed by atoms with Gasteiger partial charge in [0, 0.05) is 31.3 Å². The summed E-state index contributed by atoms with van der Waals surface area (Å²) < 4.78 is 12.7. The van der Waals surface area contributed by atoms with E-state index in [9.17, 15) is 4.79 Å². The van der Waals surface area contributed by atoms with Crippen molar-refractivity contribution in [2.24, 2.45) is 0 Å². The van der Waals surface area contributed by atoms with Gasteiger partial charge in [-0.25, -0.2) is 0 Å². The standard InChI is InChI=1S/C21H19ClN4O3/c22-16-10-14(11-17-20(16)29-13-28-17)6-7-19(27)25-8-3-4-15(12-25)21-24-23-18-5-1-2-9-26(18)21/h1-2,5-7,9-11,15H,3-4,8,12-13H2/b7-6+. The van der Waals surface area contributed by atoms with E-state index in [1.165, 1.54) is 0 Å². The van der Waals surface area contributed by atoms with Gasteiger partial charge < -0.3 is 14.4 Å². The van der Waals surface area contributed by atoms with Crippen LogP contribution in [0.3, 0.4) is 0 Å². The topological polar surface area (TPSA) is 69.0 Å². The van der Waals surface area contributed by atoms with Crippen LogP contribution in [0.1, 0.15) is 30.1 Å². The maximum atomic E-state index is 12.8. The van der Waals surface area contributed by atoms with Gasteiger partial charge in [-0.3, -0.25) is 9.20 Å². The van der Waals surface area contributed by atoms with Crippen molar-refractivity contribution in [1.29, 1.82) is 0 Å². The molecule has 0 aliphatic carbocycles. The normalized spacial score (nSPS) is 18.7. The molecule has 4 heterocycles. The summed E-state index contributed by atoms with van der Waals surface area (Å²) in [4.78, 5) is 14.6. The summed E-state index contributed by atoms with van der Waals surface area (Å²) >= 11 is 6.21. The molecule has 0 bridgehead atoms. The number of aromatic nitrogens is 3. The summed E-state index contributed by atoms with van der Waals surface area (Å²) in [6.07, 6.45) is 7.22. The molecule has 8 heteroatoms. The summed E-state index contributed by atoms with van der Waals surface area (Å²) in [7, 11) is 0. The van der Waals surface area contributed by atoms with E-state index < -0.39 is 0 Å². The SMILES string of the molecule is O=C(/C=C/c1cc(Cl)c2c(c1)OCO2)N1CCCC(c2nnc3ccccn23)C1. The Bertz CT molecular complexity index is 1110. The van der Waals surface area contributed by atoms with Crippen molar-refractivity contribution in [3.8, 4) is 11.5 Å². The first-order valence-corrected chi connectivity index (χ1v) is 9.92. The van der Waals surface area contributed by atoms with Gasteiger partial charge in [0.15, 0.2) is 17.1 Å². The van der Waals surface area contributed by atoms with Crippen molar-refractivity contribution >= 4 is 29.2 Å². The first-order valence-electron chi connectivity index (χ1n) is 9.55. The smallest absolute Gasteiger partial charge is 0.246 e. The van der Waals surface area contributed by atoms with Gasteiger partial charge in [0.1, 0.15) is 5.82 Å². The molecule has 0 spiro atoms. The second-order valence-corrected chi connectivity index (χ2v) is 7.59. The third-order valence-corrected chi connectivity index (χ3v) is 5.59. The van der Waals surface area contributed by atoms with Gasteiger partial charge in [-0.2, -0.15) is 0 Å². The molecule has 0 N–H and O–H groups in total. The van der Waals surface area contributed by atoms with Gasteiger partial charge in [0.25, 0.3) is 0 Å². The Balaban J connectivity index is 1.31. The molecule has 1 amide bonds. The zero-order chi connectivity index (χ0) is 19.8. The van der Waals surface area contributed by atoms with Crippen molar-refractivity contribution in [3.63, 3.8) is 0 Å². The number of carbonyl (C=O) groups is 1. The molecule has 1 fully saturated rings. The van der Waals surface area contributed by atoms with E-state index in [0.717, 1.165) is 36.4 Å². The largest absolute Gasteiger partial charge is 0.454 e. The fourth-order valence-corrected chi connectivity index (χ4v) is 4.16. The summed E-state index contributed by atoms with van der Waals surface area (Å²) in [6, 6.07) is 9.42. The van der Waals surface area contributed by atoms with Crippen LogP contribution < -0.4 is 9.47 Å². The average molecular weight is 411 g/mol. The number of amides is 1. The maximum absolute atomic E-state index is 12.8. The number of nitrogens with zero attached hydrogens (tertiary/aromatic N) is 4. The first kappa shape index (κ1) is 18.0. The van der Waals surface area contributed by atoms with E-state index in [-0.39, 0.29) is 18.6 Å². The van der Waals surface area contributed by atoms with Gasteiger partial charge in [-0.15, -0.1) is 10.2 Å². The minimum Gasteiger partial charge on any atom is -0.454 e. The highest BCUT2D eigenvalue weighted by molar-refractivity contribution is 6.32. The molecule has 0 radical (unpaired) electrons. The molecular weight excluding hydrogens is 392 g/mol. The lowest BCUT2D eigenvalue weighted by Crippen LogP contribution is -2.38. The summed E-state index contributed by atoms with van der Waals surface area (Å²) in [5.74, 6) is 2.19. The number of ether oxygens (including phenoxy) is 2. The van der Waals surface area contributed by atoms with E-state index >= 15 is 0 Å². The Morgan fingerprint density at radius 3 is 3.10 bits per heavy atom. The number of likely N-dealkylation sites (tertiary alicyclic amines) is 1. The van der Waals surface area contributed by atoms with E-state index in [4.69, 9.17) is 21.1 Å². The summed E-state index contributed by atoms with van der Waals surface area (Å²) in [5.41, 5.74) is 1.62. The number of hydrogen-bond acceptors (Lipinski definition) is 5. The van der Waals surface area contributed by atoms with Crippen molar-refractivity contribution in [3.05, 3.63) is 59.0 Å². The lowest BCUT2D eigenvalue weighted by Gasteiger charge is -2.31. The zero-order valence-electron chi connectivity index (χ0n) is 15.6. The molecule has 1 saturated heterocycles. The summed E-state index contributed by atoms with van der Waals surface area (Å²) in [6.45, 7) is 1.52. The predicted molar refractivity (Wildman–Crippen MR) is 108 cm³/mol. The van der Waals surface area contributed by atoms with Gasteiger partial charge >= 0.3 is 0 Å². The van der Waals surface area contributed by atoms with E-state index in [2.05, 4.69) is 10.2 Å². The number of halogens is 1. The molecule has 1 atom stereocenters. The number of pyridine rings is 1. The van der Waals surface area contributed by atoms with E-state index in [0.29, 0.717) is 23.1 Å². The van der Waals surface area contributed by atoms with E-state index in [1.54, 1.807) is 18.2 Å². The number of carbonyl (C=O) groups excluding carboxylic acids is 1. The molecule has 29 heavy (non-hydrogen) atoms. The predicted octanol–water partition coefficient (Wildman–Crippen LogP) is 3.53. The van der Waals surface area contributed by atoms with Crippen molar-refractivity contribution in [1.82, 2.24) is 19.5 Å². The van der Waals surface area contributed by atoms with Crippen LogP contribution in [0.15, 0.2) is 42.6 Å². The lowest BCUT2D eigenvalue weighted by atomic mass is 9.97. The number of piperidine rings is 1. The molecule has 3 aromatic rings. The van der Waals surface area contributed by atoms with Crippen LogP contribution in [0, 0.1) is 0 Å². The van der Waals surface area contributed by atoms with Gasteiger partial charge in [0.05, 0.1) is 5.02 Å². The molecule has 7 nitrogen and oxygen atoms in total. The molecule has 2 aromatic heterocycles. The quantitative estimate of drug-likeness (QED) is 0.618. The van der Waals surface area contributed by atoms with Crippen molar-refractivity contribution in [2.45, 2.75) is 18.8 Å². The first-order chi connectivity index (χ1) is 14.2. The molecule has 1 unspecified atom stereocenters. The molecule has 2 aliphatic rings. The van der Waals surface area contributed by atoms with Gasteiger partial charge in [-0.1, -0.05) is 17.7 Å². The van der Waals surface area contributed by atoms with Crippen LogP contribution in [0.2, 0.25) is 5.02 Å². The van der Waals surface area contributed by atoms with Crippen LogP contribution in [0.4, 0.5) is 0 Å². The number of hydrogen-bond donors (Lipinski definition) is 0. The van der Waals surface area contributed by atoms with Gasteiger partial charge in [-0.05, 0) is 48.7 Å². The lowest BCUT2D eigenvalue weighted by molar-refractivity contribution is -0.127. The third-order valence-electron chi connectivity index (χ3n) is 5.31. The molecule has 0 saturated carbocycles. The second kappa shape index (κ2) is 7.40. The fourth-order valence-electron chi connectivity index (χ4n) is 3.88. The van der Waals surface area contributed by atoms with Crippen LogP contribution in [-0.4, -0.2) is 45.3 Å². The van der Waals surface area contributed by atoms with Gasteiger partial charge in [0.2, 0.25) is 12.7 Å². The van der Waals surface area contributed by atoms with Crippen LogP contribution in [0.25, 0.3) is 11.7 Å². The zero-order valence-corrected chi connectivity index (χ0v) is 16.4. The monoisotopic (exact) mass is 410 g/mol. The molecule has 5 rings (SSSR count). The highest BCUT2D eigenvalue weighted by atomic mass is 35.5. The minimum atomic E-state index is -0.0303. The van der Waals surface area contributed by atoms with Crippen LogP contribution in [0.5, 0.6) is 11.5 Å². The van der Waals surface area contributed by atoms with E-state index in [1.807, 2.05) is 39.8 Å². The van der Waals surface area contributed by atoms with Crippen LogP contribution in [-0.2, 0) is 4.79 Å². The number of benzene rings is 1. The molecule has 148 valence electrons. The maximum Gasteiger partial charge on any atom is 0.246 e. The molecule has 2 aliphatic heterocycles. The van der Waals surface area contributed by atoms with Crippen molar-refractivity contribution < 1.29 is 14.3 Å². The van der Waals surface area contributed by atoms with Crippen molar-refractivity contribution in [2.75, 3.05) is 19.9 Å². The Hall–Kier alpha value is -3.06. The third kappa shape index (κ3) is 3.42. The minimum absolute atomic E-state index is 0.0303. The average Bonchev–Trinajstić information content (AvgIpc) is 3.39. The highest BCUT2D eigenvalue weighted by Gasteiger charge is 2.27. The Morgan fingerprint density at radius 2 is 2.17 bits per heavy atom. The molecular formula is C21H19ClN4O3. The highest BCUT2D eigenvalue weighted by Crippen LogP contribution is 2.40. The Labute approximate surface area is 172 Å². The number of fused-ring (bicyclic) bond motifs is 2. The Morgan fingerprint density at radius 1 is 1.24 bits per heavy atom. The Kier molecular flexibility index (Phi) is 4.60. The number of rotatable bonds is 3. The summed E-state index contributed by atoms with van der Waals surface area (Å²) in [5, 5.41) is 9.08. The second-order valence-electron chi connectivity index (χ2n) is 7.18. The fraction of sp³-hybridized carbons (Fsp3) is 0.286. The molecule has 1 aromatic carbocycles.